The number of aryl methyl sites for hydroxylation is 1. The molecule has 1 saturated heterocycles. The van der Waals surface area contributed by atoms with Gasteiger partial charge in [0.15, 0.2) is 4.87 Å². The van der Waals surface area contributed by atoms with Crippen molar-refractivity contribution in [2.75, 3.05) is 17.2 Å². The Morgan fingerprint density at radius 1 is 1.21 bits per heavy atom. The second kappa shape index (κ2) is 7.17. The van der Waals surface area contributed by atoms with Crippen LogP contribution in [0.1, 0.15) is 30.5 Å². The SMILES string of the molecule is Cc1cccc(CNC(=O)N2CCS[C@@]23C(=O)N(C(C)C)c2ccccc23)c1. The number of fused-ring (bicyclic) bond motifs is 2. The molecule has 0 bridgehead atoms. The largest absolute Gasteiger partial charge is 0.334 e. The number of urea groups is 1. The number of nitrogens with zero attached hydrogens (tertiary/aromatic N) is 2. The highest BCUT2D eigenvalue weighted by Crippen LogP contribution is 2.54. The topological polar surface area (TPSA) is 52.7 Å². The third-order valence-corrected chi connectivity index (χ3v) is 6.75. The van der Waals surface area contributed by atoms with Gasteiger partial charge in [0, 0.05) is 30.4 Å². The minimum Gasteiger partial charge on any atom is -0.334 e. The zero-order valence-electron chi connectivity index (χ0n) is 16.4. The fraction of sp³-hybridized carbons (Fsp3) is 0.364. The van der Waals surface area contributed by atoms with E-state index in [1.54, 1.807) is 16.7 Å². The molecule has 4 rings (SSSR count). The molecule has 0 saturated carbocycles. The van der Waals surface area contributed by atoms with Crippen molar-refractivity contribution in [3.8, 4) is 0 Å². The van der Waals surface area contributed by atoms with E-state index in [0.29, 0.717) is 13.1 Å². The van der Waals surface area contributed by atoms with Crippen molar-refractivity contribution in [3.05, 3.63) is 65.2 Å². The van der Waals surface area contributed by atoms with Gasteiger partial charge in [-0.2, -0.15) is 0 Å². The summed E-state index contributed by atoms with van der Waals surface area (Å²) in [6, 6.07) is 15.8. The highest BCUT2D eigenvalue weighted by molar-refractivity contribution is 8.01. The van der Waals surface area contributed by atoms with E-state index in [9.17, 15) is 9.59 Å². The van der Waals surface area contributed by atoms with Gasteiger partial charge < -0.3 is 10.2 Å². The highest BCUT2D eigenvalue weighted by atomic mass is 32.2. The molecule has 6 heteroatoms. The van der Waals surface area contributed by atoms with Crippen LogP contribution in [0.3, 0.4) is 0 Å². The summed E-state index contributed by atoms with van der Waals surface area (Å²) in [5.74, 6) is 0.723. The number of para-hydroxylation sites is 1. The Morgan fingerprint density at radius 3 is 2.75 bits per heavy atom. The van der Waals surface area contributed by atoms with Crippen molar-refractivity contribution in [1.29, 1.82) is 0 Å². The molecule has 3 amide bonds. The summed E-state index contributed by atoms with van der Waals surface area (Å²) in [6.45, 7) is 7.05. The van der Waals surface area contributed by atoms with Crippen molar-refractivity contribution < 1.29 is 9.59 Å². The molecule has 2 heterocycles. The first-order valence-electron chi connectivity index (χ1n) is 9.63. The molecular formula is C22H25N3O2S. The summed E-state index contributed by atoms with van der Waals surface area (Å²) in [5, 5.41) is 3.02. The molecule has 0 radical (unpaired) electrons. The second-order valence-electron chi connectivity index (χ2n) is 7.58. The zero-order valence-corrected chi connectivity index (χ0v) is 17.3. The molecule has 5 nitrogen and oxygen atoms in total. The van der Waals surface area contributed by atoms with Gasteiger partial charge in [-0.15, -0.1) is 11.8 Å². The molecule has 0 aromatic heterocycles. The quantitative estimate of drug-likeness (QED) is 0.859. The number of anilines is 1. The van der Waals surface area contributed by atoms with Crippen molar-refractivity contribution in [3.63, 3.8) is 0 Å². The Hall–Kier alpha value is -2.47. The molecule has 2 aromatic rings. The number of carbonyl (C=O) groups excluding carboxylic acids is 2. The number of hydrogen-bond acceptors (Lipinski definition) is 3. The first-order chi connectivity index (χ1) is 13.4. The summed E-state index contributed by atoms with van der Waals surface area (Å²) < 4.78 is 0. The monoisotopic (exact) mass is 395 g/mol. The maximum atomic E-state index is 13.5. The zero-order chi connectivity index (χ0) is 19.9. The lowest BCUT2D eigenvalue weighted by Gasteiger charge is -2.33. The minimum absolute atomic E-state index is 0.0168. The summed E-state index contributed by atoms with van der Waals surface area (Å²) >= 11 is 1.56. The van der Waals surface area contributed by atoms with Crippen LogP contribution < -0.4 is 10.2 Å². The molecule has 28 heavy (non-hydrogen) atoms. The Bertz CT molecular complexity index is 930. The first-order valence-corrected chi connectivity index (χ1v) is 10.6. The minimum atomic E-state index is -0.961. The van der Waals surface area contributed by atoms with Crippen LogP contribution in [-0.4, -0.2) is 35.2 Å². The van der Waals surface area contributed by atoms with E-state index in [0.717, 1.165) is 28.1 Å². The third kappa shape index (κ3) is 2.87. The van der Waals surface area contributed by atoms with Crippen LogP contribution >= 0.6 is 11.8 Å². The lowest BCUT2D eigenvalue weighted by Crippen LogP contribution is -2.54. The van der Waals surface area contributed by atoms with Crippen LogP contribution in [0.5, 0.6) is 0 Å². The van der Waals surface area contributed by atoms with E-state index in [1.165, 1.54) is 0 Å². The van der Waals surface area contributed by atoms with Gasteiger partial charge in [-0.3, -0.25) is 9.69 Å². The number of hydrogen-bond donors (Lipinski definition) is 1. The number of amides is 3. The normalized spacial score (nSPS) is 20.9. The van der Waals surface area contributed by atoms with Gasteiger partial charge in [-0.1, -0.05) is 48.0 Å². The van der Waals surface area contributed by atoms with Crippen LogP contribution in [0.2, 0.25) is 0 Å². The van der Waals surface area contributed by atoms with E-state index in [2.05, 4.69) is 11.4 Å². The molecule has 0 aliphatic carbocycles. The number of nitrogens with one attached hydrogen (secondary N) is 1. The summed E-state index contributed by atoms with van der Waals surface area (Å²) in [6.07, 6.45) is 0. The van der Waals surface area contributed by atoms with Gasteiger partial charge in [-0.25, -0.2) is 4.79 Å². The molecule has 146 valence electrons. The predicted octanol–water partition coefficient (Wildman–Crippen LogP) is 3.86. The van der Waals surface area contributed by atoms with Gasteiger partial charge in [0.05, 0.1) is 5.69 Å². The fourth-order valence-electron chi connectivity index (χ4n) is 4.13. The summed E-state index contributed by atoms with van der Waals surface area (Å²) in [4.78, 5) is 29.3. The Labute approximate surface area is 170 Å². The molecule has 2 aliphatic heterocycles. The van der Waals surface area contributed by atoms with Crippen LogP contribution in [-0.2, 0) is 16.2 Å². The van der Waals surface area contributed by atoms with Gasteiger partial charge in [0.2, 0.25) is 0 Å². The molecule has 1 atom stereocenters. The standard InChI is InChI=1S/C22H25N3O2S/c1-15(2)25-19-10-5-4-9-18(19)22(20(25)26)24(11-12-28-22)21(27)23-14-17-8-6-7-16(3)13-17/h4-10,13,15H,11-12,14H2,1-3H3,(H,23,27)/t22-/m0/s1. The van der Waals surface area contributed by atoms with Crippen molar-refractivity contribution in [2.45, 2.75) is 38.2 Å². The Kier molecular flexibility index (Phi) is 4.83. The van der Waals surface area contributed by atoms with Gasteiger partial charge in [-0.05, 0) is 32.4 Å². The van der Waals surface area contributed by atoms with Gasteiger partial charge >= 0.3 is 6.03 Å². The average molecular weight is 396 g/mol. The lowest BCUT2D eigenvalue weighted by atomic mass is 10.1. The van der Waals surface area contributed by atoms with Crippen molar-refractivity contribution in [2.24, 2.45) is 0 Å². The van der Waals surface area contributed by atoms with Crippen LogP contribution in [0.4, 0.5) is 10.5 Å². The number of rotatable bonds is 3. The Morgan fingerprint density at radius 2 is 2.00 bits per heavy atom. The molecule has 0 unspecified atom stereocenters. The van der Waals surface area contributed by atoms with Crippen molar-refractivity contribution in [1.82, 2.24) is 10.2 Å². The van der Waals surface area contributed by atoms with E-state index in [4.69, 9.17) is 0 Å². The third-order valence-electron chi connectivity index (χ3n) is 5.33. The molecule has 1 spiro atoms. The molecule has 2 aliphatic rings. The maximum Gasteiger partial charge on any atom is 0.319 e. The smallest absolute Gasteiger partial charge is 0.319 e. The summed E-state index contributed by atoms with van der Waals surface area (Å²) in [5.41, 5.74) is 4.04. The van der Waals surface area contributed by atoms with Gasteiger partial charge in [0.1, 0.15) is 0 Å². The predicted molar refractivity (Wildman–Crippen MR) is 113 cm³/mol. The highest BCUT2D eigenvalue weighted by Gasteiger charge is 2.59. The van der Waals surface area contributed by atoms with E-state index in [1.807, 2.05) is 68.1 Å². The molecule has 2 aromatic carbocycles. The fourth-order valence-corrected chi connectivity index (χ4v) is 5.58. The lowest BCUT2D eigenvalue weighted by molar-refractivity contribution is -0.123. The van der Waals surface area contributed by atoms with Crippen LogP contribution in [0.25, 0.3) is 0 Å². The number of carbonyl (C=O) groups is 2. The van der Waals surface area contributed by atoms with E-state index >= 15 is 0 Å². The molecular weight excluding hydrogens is 370 g/mol. The van der Waals surface area contributed by atoms with Crippen molar-refractivity contribution >= 4 is 29.4 Å². The van der Waals surface area contributed by atoms with Gasteiger partial charge in [0.25, 0.3) is 5.91 Å². The first kappa shape index (κ1) is 18.9. The van der Waals surface area contributed by atoms with E-state index < -0.39 is 4.87 Å². The molecule has 1 N–H and O–H groups in total. The second-order valence-corrected chi connectivity index (χ2v) is 8.87. The summed E-state index contributed by atoms with van der Waals surface area (Å²) in [7, 11) is 0. The van der Waals surface area contributed by atoms with Crippen LogP contribution in [0, 0.1) is 6.92 Å². The van der Waals surface area contributed by atoms with Crippen LogP contribution in [0.15, 0.2) is 48.5 Å². The number of benzene rings is 2. The Balaban J connectivity index is 1.64. The van der Waals surface area contributed by atoms with E-state index in [-0.39, 0.29) is 18.0 Å². The number of thioether (sulfide) groups is 1. The molecule has 1 fully saturated rings. The maximum absolute atomic E-state index is 13.5. The average Bonchev–Trinajstić information content (AvgIpc) is 3.22.